The van der Waals surface area contributed by atoms with Gasteiger partial charge in [-0.2, -0.15) is 0 Å². The van der Waals surface area contributed by atoms with Crippen LogP contribution in [0.1, 0.15) is 5.56 Å². The molecule has 1 aromatic carbocycles. The highest BCUT2D eigenvalue weighted by Crippen LogP contribution is 2.06. The van der Waals surface area contributed by atoms with Crippen LogP contribution in [-0.2, 0) is 16.0 Å². The number of benzene rings is 1. The number of carbonyl (C=O) groups is 2. The average Bonchev–Trinajstić information content (AvgIpc) is 2.29. The molecule has 1 aromatic rings. The number of carbonyl (C=O) groups excluding carboxylic acids is 2. The van der Waals surface area contributed by atoms with E-state index in [0.717, 1.165) is 0 Å². The normalized spacial score (nSPS) is 9.82. The number of hydrogen-bond donors (Lipinski definition) is 1. The molecule has 0 fully saturated rings. The molecule has 0 saturated heterocycles. The molecule has 4 nitrogen and oxygen atoms in total. The maximum absolute atomic E-state index is 13.2. The van der Waals surface area contributed by atoms with Crippen LogP contribution in [0.15, 0.2) is 24.3 Å². The summed E-state index contributed by atoms with van der Waals surface area (Å²) in [5.41, 5.74) is 0.322. The number of amides is 2. The first-order chi connectivity index (χ1) is 8.00. The summed E-state index contributed by atoms with van der Waals surface area (Å²) in [7, 11) is 3.21. The minimum absolute atomic E-state index is 0.0621. The fourth-order valence-corrected chi connectivity index (χ4v) is 1.21. The lowest BCUT2D eigenvalue weighted by Gasteiger charge is -2.11. The molecular formula is C12H15FN2O2. The number of nitrogens with zero attached hydrogens (tertiary/aromatic N) is 1. The van der Waals surface area contributed by atoms with Crippen LogP contribution in [-0.4, -0.2) is 37.4 Å². The van der Waals surface area contributed by atoms with Gasteiger partial charge >= 0.3 is 0 Å². The molecule has 2 amide bonds. The molecule has 0 bridgehead atoms. The number of rotatable bonds is 4. The molecule has 0 unspecified atom stereocenters. The Balaban J connectivity index is 2.46. The zero-order chi connectivity index (χ0) is 12.8. The minimum Gasteiger partial charge on any atom is -0.347 e. The van der Waals surface area contributed by atoms with Crippen molar-refractivity contribution in [1.29, 1.82) is 0 Å². The van der Waals surface area contributed by atoms with E-state index in [4.69, 9.17) is 0 Å². The molecule has 0 atom stereocenters. The lowest BCUT2D eigenvalue weighted by molar-refractivity contribution is -0.130. The number of nitrogens with one attached hydrogen (secondary N) is 1. The summed E-state index contributed by atoms with van der Waals surface area (Å²) in [6.45, 7) is -0.0692. The maximum atomic E-state index is 13.2. The van der Waals surface area contributed by atoms with Gasteiger partial charge < -0.3 is 10.2 Å². The fourth-order valence-electron chi connectivity index (χ4n) is 1.21. The van der Waals surface area contributed by atoms with Gasteiger partial charge in [0.15, 0.2) is 0 Å². The smallest absolute Gasteiger partial charge is 0.241 e. The molecule has 0 saturated carbocycles. The monoisotopic (exact) mass is 238 g/mol. The van der Waals surface area contributed by atoms with Gasteiger partial charge in [-0.3, -0.25) is 9.59 Å². The van der Waals surface area contributed by atoms with Crippen LogP contribution in [0.5, 0.6) is 0 Å². The van der Waals surface area contributed by atoms with Gasteiger partial charge in [-0.05, 0) is 11.6 Å². The van der Waals surface area contributed by atoms with E-state index in [1.807, 2.05) is 0 Å². The second-order valence-electron chi connectivity index (χ2n) is 3.83. The van der Waals surface area contributed by atoms with Gasteiger partial charge in [-0.15, -0.1) is 0 Å². The van der Waals surface area contributed by atoms with Crippen LogP contribution in [0.25, 0.3) is 0 Å². The summed E-state index contributed by atoms with van der Waals surface area (Å²) in [5, 5.41) is 2.44. The van der Waals surface area contributed by atoms with E-state index >= 15 is 0 Å². The Morgan fingerprint density at radius 1 is 1.29 bits per heavy atom. The van der Waals surface area contributed by atoms with E-state index < -0.39 is 5.82 Å². The number of halogens is 1. The summed E-state index contributed by atoms with van der Waals surface area (Å²) < 4.78 is 13.2. The van der Waals surface area contributed by atoms with Crippen LogP contribution in [0.4, 0.5) is 4.39 Å². The topological polar surface area (TPSA) is 49.4 Å². The molecular weight excluding hydrogens is 223 g/mol. The molecule has 0 aliphatic carbocycles. The third kappa shape index (κ3) is 4.22. The van der Waals surface area contributed by atoms with E-state index in [1.54, 1.807) is 32.3 Å². The second-order valence-corrected chi connectivity index (χ2v) is 3.83. The SMILES string of the molecule is CN(C)C(=O)CNC(=O)Cc1ccccc1F. The highest BCUT2D eigenvalue weighted by atomic mass is 19.1. The standard InChI is InChI=1S/C12H15FN2O2/c1-15(2)12(17)8-14-11(16)7-9-5-3-4-6-10(9)13/h3-6H,7-8H2,1-2H3,(H,14,16). The van der Waals surface area contributed by atoms with Gasteiger partial charge in [0, 0.05) is 14.1 Å². The molecule has 5 heteroatoms. The van der Waals surface area contributed by atoms with Crippen molar-refractivity contribution in [1.82, 2.24) is 10.2 Å². The van der Waals surface area contributed by atoms with Crippen LogP contribution < -0.4 is 5.32 Å². The molecule has 1 rings (SSSR count). The number of hydrogen-bond acceptors (Lipinski definition) is 2. The molecule has 0 aromatic heterocycles. The maximum Gasteiger partial charge on any atom is 0.241 e. The van der Waals surface area contributed by atoms with Crippen molar-refractivity contribution in [2.45, 2.75) is 6.42 Å². The summed E-state index contributed by atoms with van der Waals surface area (Å²) in [6, 6.07) is 6.07. The van der Waals surface area contributed by atoms with Gasteiger partial charge in [0.1, 0.15) is 5.82 Å². The van der Waals surface area contributed by atoms with Gasteiger partial charge in [0.05, 0.1) is 13.0 Å². The first-order valence-electron chi connectivity index (χ1n) is 5.21. The third-order valence-electron chi connectivity index (χ3n) is 2.24. The first kappa shape index (κ1) is 13.2. The van der Waals surface area contributed by atoms with Gasteiger partial charge in [-0.25, -0.2) is 4.39 Å². The van der Waals surface area contributed by atoms with E-state index in [0.29, 0.717) is 5.56 Å². The molecule has 0 aliphatic rings. The van der Waals surface area contributed by atoms with Gasteiger partial charge in [0.2, 0.25) is 11.8 Å². The van der Waals surface area contributed by atoms with Crippen molar-refractivity contribution in [3.05, 3.63) is 35.6 Å². The Morgan fingerprint density at radius 3 is 2.53 bits per heavy atom. The van der Waals surface area contributed by atoms with E-state index in [2.05, 4.69) is 5.32 Å². The molecule has 17 heavy (non-hydrogen) atoms. The fraction of sp³-hybridized carbons (Fsp3) is 0.333. The van der Waals surface area contributed by atoms with Crippen LogP contribution in [0.3, 0.4) is 0 Å². The zero-order valence-electron chi connectivity index (χ0n) is 9.87. The van der Waals surface area contributed by atoms with Gasteiger partial charge in [0.25, 0.3) is 0 Å². The van der Waals surface area contributed by atoms with Crippen molar-refractivity contribution < 1.29 is 14.0 Å². The largest absolute Gasteiger partial charge is 0.347 e. The third-order valence-corrected chi connectivity index (χ3v) is 2.24. The van der Waals surface area contributed by atoms with Crippen molar-refractivity contribution in [2.24, 2.45) is 0 Å². The van der Waals surface area contributed by atoms with Crippen LogP contribution in [0, 0.1) is 5.82 Å². The Kier molecular flexibility index (Phi) is 4.63. The molecule has 0 heterocycles. The summed E-state index contributed by atoms with van der Waals surface area (Å²) in [5.74, 6) is -0.987. The Labute approximate surface area is 99.4 Å². The zero-order valence-corrected chi connectivity index (χ0v) is 9.87. The Bertz CT molecular complexity index is 419. The second kappa shape index (κ2) is 5.98. The van der Waals surface area contributed by atoms with Crippen molar-refractivity contribution >= 4 is 11.8 Å². The Hall–Kier alpha value is -1.91. The quantitative estimate of drug-likeness (QED) is 0.833. The summed E-state index contributed by atoms with van der Waals surface area (Å²) >= 11 is 0. The highest BCUT2D eigenvalue weighted by molar-refractivity contribution is 5.85. The average molecular weight is 238 g/mol. The predicted molar refractivity (Wildman–Crippen MR) is 61.8 cm³/mol. The molecule has 0 radical (unpaired) electrons. The molecule has 0 spiro atoms. The molecule has 0 aliphatic heterocycles. The van der Waals surface area contributed by atoms with E-state index in [9.17, 15) is 14.0 Å². The minimum atomic E-state index is -0.415. The van der Waals surface area contributed by atoms with Crippen molar-refractivity contribution in [3.8, 4) is 0 Å². The van der Waals surface area contributed by atoms with Gasteiger partial charge in [-0.1, -0.05) is 18.2 Å². The van der Waals surface area contributed by atoms with Crippen molar-refractivity contribution in [3.63, 3.8) is 0 Å². The van der Waals surface area contributed by atoms with Crippen LogP contribution in [0.2, 0.25) is 0 Å². The summed E-state index contributed by atoms with van der Waals surface area (Å²) in [6.07, 6.45) is -0.0621. The predicted octanol–water partition coefficient (Wildman–Crippen LogP) is 0.573. The number of likely N-dealkylation sites (N-methyl/N-ethyl adjacent to an activating group) is 1. The lowest BCUT2D eigenvalue weighted by atomic mass is 10.1. The van der Waals surface area contributed by atoms with Crippen LogP contribution >= 0.6 is 0 Å². The van der Waals surface area contributed by atoms with E-state index in [1.165, 1.54) is 11.0 Å². The first-order valence-corrected chi connectivity index (χ1v) is 5.21. The highest BCUT2D eigenvalue weighted by Gasteiger charge is 2.09. The lowest BCUT2D eigenvalue weighted by Crippen LogP contribution is -2.36. The van der Waals surface area contributed by atoms with E-state index in [-0.39, 0.29) is 24.8 Å². The Morgan fingerprint density at radius 2 is 1.94 bits per heavy atom. The molecule has 1 N–H and O–H groups in total. The molecule has 92 valence electrons. The van der Waals surface area contributed by atoms with Crippen molar-refractivity contribution in [2.75, 3.05) is 20.6 Å². The summed E-state index contributed by atoms with van der Waals surface area (Å²) in [4.78, 5) is 24.0.